The average Bonchev–Trinajstić information content (AvgIpc) is 2.44. The molecular formula is C16H24FNO. The zero-order chi connectivity index (χ0) is 13.9. The van der Waals surface area contributed by atoms with Gasteiger partial charge in [-0.25, -0.2) is 4.39 Å². The van der Waals surface area contributed by atoms with Crippen molar-refractivity contribution < 1.29 is 9.13 Å². The van der Waals surface area contributed by atoms with Gasteiger partial charge in [0.25, 0.3) is 0 Å². The second-order valence-electron chi connectivity index (χ2n) is 5.55. The maximum atomic E-state index is 13.6. The van der Waals surface area contributed by atoms with Crippen molar-refractivity contribution in [2.75, 3.05) is 14.2 Å². The molecule has 3 heteroatoms. The minimum absolute atomic E-state index is 0.0495. The molecule has 1 atom stereocenters. The predicted octanol–water partition coefficient (Wildman–Crippen LogP) is 3.74. The van der Waals surface area contributed by atoms with Crippen LogP contribution in [0.2, 0.25) is 0 Å². The van der Waals surface area contributed by atoms with Crippen LogP contribution in [0.3, 0.4) is 0 Å². The van der Waals surface area contributed by atoms with Crippen LogP contribution in [0.5, 0.6) is 0 Å². The number of hydrogen-bond acceptors (Lipinski definition) is 2. The molecule has 19 heavy (non-hydrogen) atoms. The van der Waals surface area contributed by atoms with Crippen LogP contribution < -0.4 is 5.32 Å². The second-order valence-corrected chi connectivity index (χ2v) is 5.55. The summed E-state index contributed by atoms with van der Waals surface area (Å²) < 4.78 is 19.5. The number of benzene rings is 1. The topological polar surface area (TPSA) is 21.3 Å². The van der Waals surface area contributed by atoms with E-state index in [-0.39, 0.29) is 17.5 Å². The molecule has 1 unspecified atom stereocenters. The fraction of sp³-hybridized carbons (Fsp3) is 0.625. The van der Waals surface area contributed by atoms with Crippen LogP contribution in [-0.4, -0.2) is 19.8 Å². The fourth-order valence-electron chi connectivity index (χ4n) is 3.39. The third-order valence-electron chi connectivity index (χ3n) is 4.47. The quantitative estimate of drug-likeness (QED) is 0.895. The average molecular weight is 265 g/mol. The van der Waals surface area contributed by atoms with Gasteiger partial charge in [0, 0.05) is 7.11 Å². The first-order valence-electron chi connectivity index (χ1n) is 7.11. The highest BCUT2D eigenvalue weighted by atomic mass is 19.1. The molecule has 0 radical (unpaired) electrons. The Labute approximate surface area is 115 Å². The number of methoxy groups -OCH3 is 1. The molecule has 0 aliphatic heterocycles. The van der Waals surface area contributed by atoms with Crippen LogP contribution in [0.4, 0.5) is 4.39 Å². The maximum Gasteiger partial charge on any atom is 0.123 e. The van der Waals surface area contributed by atoms with E-state index >= 15 is 0 Å². The van der Waals surface area contributed by atoms with Gasteiger partial charge in [-0.1, -0.05) is 25.3 Å². The molecule has 1 fully saturated rings. The van der Waals surface area contributed by atoms with E-state index in [0.29, 0.717) is 0 Å². The molecule has 1 N–H and O–H groups in total. The standard InChI is InChI=1S/C16H24FNO/c1-12-7-8-13(17)11-14(12)15(18-2)16(19-3)9-5-4-6-10-16/h7-8,11,15,18H,4-6,9-10H2,1-3H3. The summed E-state index contributed by atoms with van der Waals surface area (Å²) in [6.07, 6.45) is 5.69. The molecule has 1 aliphatic carbocycles. The van der Waals surface area contributed by atoms with E-state index in [1.165, 1.54) is 25.3 Å². The van der Waals surface area contributed by atoms with Gasteiger partial charge in [-0.05, 0) is 50.1 Å². The summed E-state index contributed by atoms with van der Waals surface area (Å²) in [6, 6.07) is 5.06. The number of ether oxygens (including phenoxy) is 1. The van der Waals surface area contributed by atoms with Crippen LogP contribution >= 0.6 is 0 Å². The van der Waals surface area contributed by atoms with E-state index in [2.05, 4.69) is 5.32 Å². The highest BCUT2D eigenvalue weighted by Crippen LogP contribution is 2.41. The minimum Gasteiger partial charge on any atom is -0.376 e. The van der Waals surface area contributed by atoms with E-state index in [0.717, 1.165) is 24.0 Å². The van der Waals surface area contributed by atoms with Crippen molar-refractivity contribution in [2.24, 2.45) is 0 Å². The van der Waals surface area contributed by atoms with Crippen LogP contribution in [0, 0.1) is 12.7 Å². The number of rotatable bonds is 4. The van der Waals surface area contributed by atoms with Crippen LogP contribution in [-0.2, 0) is 4.74 Å². The Hall–Kier alpha value is -0.930. The highest BCUT2D eigenvalue weighted by molar-refractivity contribution is 5.32. The molecule has 0 aromatic heterocycles. The first-order valence-corrected chi connectivity index (χ1v) is 7.11. The van der Waals surface area contributed by atoms with Gasteiger partial charge in [-0.15, -0.1) is 0 Å². The van der Waals surface area contributed by atoms with Crippen molar-refractivity contribution in [3.8, 4) is 0 Å². The number of nitrogens with one attached hydrogen (secondary N) is 1. The van der Waals surface area contributed by atoms with Gasteiger partial charge in [0.15, 0.2) is 0 Å². The molecule has 0 amide bonds. The Morgan fingerprint density at radius 1 is 1.26 bits per heavy atom. The Kier molecular flexibility index (Phi) is 4.58. The molecule has 1 aromatic rings. The Balaban J connectivity index is 2.39. The third kappa shape index (κ3) is 2.82. The smallest absolute Gasteiger partial charge is 0.123 e. The zero-order valence-corrected chi connectivity index (χ0v) is 12.1. The lowest BCUT2D eigenvalue weighted by atomic mass is 9.76. The largest absolute Gasteiger partial charge is 0.376 e. The van der Waals surface area contributed by atoms with Gasteiger partial charge < -0.3 is 10.1 Å². The highest BCUT2D eigenvalue weighted by Gasteiger charge is 2.40. The minimum atomic E-state index is -0.203. The number of halogens is 1. The zero-order valence-electron chi connectivity index (χ0n) is 12.1. The molecule has 0 heterocycles. The van der Waals surface area contributed by atoms with Crippen molar-refractivity contribution >= 4 is 0 Å². The van der Waals surface area contributed by atoms with Gasteiger partial charge in [0.1, 0.15) is 5.82 Å². The number of hydrogen-bond donors (Lipinski definition) is 1. The van der Waals surface area contributed by atoms with Gasteiger partial charge in [-0.3, -0.25) is 0 Å². The van der Waals surface area contributed by atoms with Gasteiger partial charge in [0.05, 0.1) is 11.6 Å². The number of aryl methyl sites for hydroxylation is 1. The summed E-state index contributed by atoms with van der Waals surface area (Å²) in [5, 5.41) is 3.36. The summed E-state index contributed by atoms with van der Waals surface area (Å²) in [6.45, 7) is 2.03. The lowest BCUT2D eigenvalue weighted by Gasteiger charge is -2.43. The Bertz CT molecular complexity index is 427. The normalized spacial score (nSPS) is 20.2. The maximum absolute atomic E-state index is 13.6. The molecular weight excluding hydrogens is 241 g/mol. The van der Waals surface area contributed by atoms with E-state index in [1.54, 1.807) is 13.2 Å². The first kappa shape index (κ1) is 14.5. The van der Waals surface area contributed by atoms with Crippen molar-refractivity contribution in [3.63, 3.8) is 0 Å². The first-order chi connectivity index (χ1) is 9.13. The van der Waals surface area contributed by atoms with Gasteiger partial charge in [0.2, 0.25) is 0 Å². The second kappa shape index (κ2) is 6.02. The van der Waals surface area contributed by atoms with E-state index in [1.807, 2.05) is 20.0 Å². The monoisotopic (exact) mass is 265 g/mol. The molecule has 2 nitrogen and oxygen atoms in total. The molecule has 0 spiro atoms. The lowest BCUT2D eigenvalue weighted by molar-refractivity contribution is -0.0673. The van der Waals surface area contributed by atoms with Crippen LogP contribution in [0.25, 0.3) is 0 Å². The molecule has 1 aliphatic rings. The summed E-state index contributed by atoms with van der Waals surface area (Å²) in [7, 11) is 3.72. The van der Waals surface area contributed by atoms with E-state index < -0.39 is 0 Å². The fourth-order valence-corrected chi connectivity index (χ4v) is 3.39. The molecule has 1 aromatic carbocycles. The summed E-state index contributed by atoms with van der Waals surface area (Å²) in [5.41, 5.74) is 1.93. The molecule has 106 valence electrons. The molecule has 0 saturated heterocycles. The van der Waals surface area contributed by atoms with E-state index in [4.69, 9.17) is 4.74 Å². The Morgan fingerprint density at radius 2 is 1.95 bits per heavy atom. The van der Waals surface area contributed by atoms with Crippen molar-refractivity contribution in [1.29, 1.82) is 0 Å². The van der Waals surface area contributed by atoms with Crippen molar-refractivity contribution in [1.82, 2.24) is 5.32 Å². The SMILES string of the molecule is CNC(c1cc(F)ccc1C)C1(OC)CCCCC1. The molecule has 0 bridgehead atoms. The van der Waals surface area contributed by atoms with E-state index in [9.17, 15) is 4.39 Å². The van der Waals surface area contributed by atoms with Gasteiger partial charge >= 0.3 is 0 Å². The summed E-state index contributed by atoms with van der Waals surface area (Å²) in [5.74, 6) is -0.178. The molecule has 1 saturated carbocycles. The van der Waals surface area contributed by atoms with Crippen molar-refractivity contribution in [3.05, 3.63) is 35.1 Å². The summed E-state index contributed by atoms with van der Waals surface area (Å²) >= 11 is 0. The lowest BCUT2D eigenvalue weighted by Crippen LogP contribution is -2.46. The third-order valence-corrected chi connectivity index (χ3v) is 4.47. The predicted molar refractivity (Wildman–Crippen MR) is 75.8 cm³/mol. The Morgan fingerprint density at radius 3 is 2.53 bits per heavy atom. The molecule has 2 rings (SSSR count). The van der Waals surface area contributed by atoms with Crippen molar-refractivity contribution in [2.45, 2.75) is 50.7 Å². The number of likely N-dealkylation sites (N-methyl/N-ethyl adjacent to an activating group) is 1. The van der Waals surface area contributed by atoms with Gasteiger partial charge in [-0.2, -0.15) is 0 Å². The summed E-state index contributed by atoms with van der Waals surface area (Å²) in [4.78, 5) is 0. The van der Waals surface area contributed by atoms with Crippen LogP contribution in [0.1, 0.15) is 49.3 Å². The van der Waals surface area contributed by atoms with Crippen LogP contribution in [0.15, 0.2) is 18.2 Å².